The highest BCUT2D eigenvalue weighted by Crippen LogP contribution is 2.47. The van der Waals surface area contributed by atoms with Gasteiger partial charge >= 0.3 is 6.18 Å². The van der Waals surface area contributed by atoms with Crippen LogP contribution in [0.5, 0.6) is 5.75 Å². The maximum absolute atomic E-state index is 13.7. The Hall–Kier alpha value is -5.03. The Bertz CT molecular complexity index is 2100. The number of H-pyrrole nitrogens is 2. The van der Waals surface area contributed by atoms with Crippen molar-refractivity contribution < 1.29 is 27.9 Å². The van der Waals surface area contributed by atoms with E-state index in [0.29, 0.717) is 33.4 Å². The number of benzene rings is 3. The van der Waals surface area contributed by atoms with Crippen LogP contribution in [-0.2, 0) is 6.18 Å². The third-order valence-corrected chi connectivity index (χ3v) is 8.09. The Morgan fingerprint density at radius 2 is 1.86 bits per heavy atom. The number of rotatable bonds is 4. The van der Waals surface area contributed by atoms with Crippen molar-refractivity contribution in [2.45, 2.75) is 12.1 Å². The lowest BCUT2D eigenvalue weighted by atomic mass is 9.98. The highest BCUT2D eigenvalue weighted by atomic mass is 35.5. The van der Waals surface area contributed by atoms with E-state index in [2.05, 4.69) is 20.3 Å². The fourth-order valence-electron chi connectivity index (χ4n) is 5.69. The molecule has 8 nitrogen and oxygen atoms in total. The van der Waals surface area contributed by atoms with Crippen molar-refractivity contribution in [3.8, 4) is 5.75 Å². The summed E-state index contributed by atoms with van der Waals surface area (Å²) in [6.07, 6.45) is -3.13. The lowest BCUT2D eigenvalue weighted by Crippen LogP contribution is -2.30. The molecule has 3 aromatic carbocycles. The number of nitrogens with one attached hydrogen (secondary N) is 3. The van der Waals surface area contributed by atoms with Crippen LogP contribution >= 0.6 is 11.6 Å². The van der Waals surface area contributed by atoms with E-state index in [1.807, 2.05) is 24.3 Å². The second-order valence-electron chi connectivity index (χ2n) is 10.4. The summed E-state index contributed by atoms with van der Waals surface area (Å²) in [6, 6.07) is 18.3. The number of halogens is 4. The number of carbonyl (C=O) groups excluding carboxylic acids is 2. The lowest BCUT2D eigenvalue weighted by Gasteiger charge is -2.17. The Kier molecular flexibility index (Phi) is 6.10. The Labute approximate surface area is 246 Å². The number of amides is 2. The minimum absolute atomic E-state index is 0.0600. The Balaban J connectivity index is 1.18. The number of aromatic amines is 2. The topological polar surface area (TPSA) is 114 Å². The number of para-hydroxylation sites is 1. The normalized spacial score (nSPS) is 15.0. The van der Waals surface area contributed by atoms with Gasteiger partial charge in [0.2, 0.25) is 0 Å². The Morgan fingerprint density at radius 1 is 1.05 bits per heavy atom. The van der Waals surface area contributed by atoms with Gasteiger partial charge in [-0.15, -0.1) is 11.6 Å². The highest BCUT2D eigenvalue weighted by Gasteiger charge is 2.38. The molecule has 1 aliphatic rings. The van der Waals surface area contributed by atoms with Gasteiger partial charge in [0.1, 0.15) is 17.1 Å². The smallest absolute Gasteiger partial charge is 0.431 e. The second kappa shape index (κ2) is 9.77. The summed E-state index contributed by atoms with van der Waals surface area (Å²) in [4.78, 5) is 37.7. The van der Waals surface area contributed by atoms with Gasteiger partial charge < -0.3 is 25.3 Å². The molecule has 4 heterocycles. The van der Waals surface area contributed by atoms with Gasteiger partial charge in [0.15, 0.2) is 0 Å². The van der Waals surface area contributed by atoms with Crippen LogP contribution in [0, 0.1) is 0 Å². The molecule has 0 spiro atoms. The number of alkyl halides is 4. The summed E-state index contributed by atoms with van der Waals surface area (Å²) in [6.45, 7) is 0.124. The summed E-state index contributed by atoms with van der Waals surface area (Å²) >= 11 is 6.21. The van der Waals surface area contributed by atoms with Crippen molar-refractivity contribution >= 4 is 67.5 Å². The Morgan fingerprint density at radius 3 is 2.65 bits per heavy atom. The first-order valence-electron chi connectivity index (χ1n) is 13.2. The molecule has 0 bridgehead atoms. The molecule has 3 aromatic heterocycles. The molecule has 2 amide bonds. The molecule has 0 aliphatic carbocycles. The van der Waals surface area contributed by atoms with Crippen LogP contribution in [0.15, 0.2) is 72.9 Å². The van der Waals surface area contributed by atoms with Gasteiger partial charge in [-0.2, -0.15) is 13.2 Å². The zero-order valence-corrected chi connectivity index (χ0v) is 22.8. The fourth-order valence-corrected chi connectivity index (χ4v) is 5.94. The molecule has 1 unspecified atom stereocenters. The standard InChI is InChI=1S/C31H21ClF3N5O3/c32-12-18-14-40(24-11-25(41)28-20(27(18)24)10-26(39-28)31(33,34)35)30(43)23-9-16-8-19(5-6-22(16)38-23)37-29(42)17-7-15-3-1-2-4-21(15)36-13-17/h1-11,13,18,38-39,41H,12,14H2,(H,37,42). The molecule has 7 rings (SSSR count). The van der Waals surface area contributed by atoms with Crippen LogP contribution in [0.1, 0.15) is 38.0 Å². The first kappa shape index (κ1) is 26.8. The van der Waals surface area contributed by atoms with Gasteiger partial charge in [-0.25, -0.2) is 0 Å². The quantitative estimate of drug-likeness (QED) is 0.160. The van der Waals surface area contributed by atoms with E-state index in [1.54, 1.807) is 30.3 Å². The minimum Gasteiger partial charge on any atom is -0.506 e. The summed E-state index contributed by atoms with van der Waals surface area (Å²) in [7, 11) is 0. The van der Waals surface area contributed by atoms with Crippen LogP contribution < -0.4 is 10.2 Å². The number of aromatic nitrogens is 3. The predicted molar refractivity (Wildman–Crippen MR) is 158 cm³/mol. The third-order valence-electron chi connectivity index (χ3n) is 7.71. The fraction of sp³-hybridized carbons (Fsp3) is 0.129. The number of phenols is 1. The van der Waals surface area contributed by atoms with E-state index in [9.17, 15) is 27.9 Å². The van der Waals surface area contributed by atoms with Crippen molar-refractivity contribution in [2.75, 3.05) is 22.6 Å². The van der Waals surface area contributed by atoms with Crippen LogP contribution in [-0.4, -0.2) is 44.3 Å². The molecule has 6 aromatic rings. The van der Waals surface area contributed by atoms with E-state index in [4.69, 9.17) is 11.6 Å². The number of pyridine rings is 1. The molecule has 0 fully saturated rings. The lowest BCUT2D eigenvalue weighted by molar-refractivity contribution is -0.140. The zero-order chi connectivity index (χ0) is 30.0. The molecular formula is C31H21ClF3N5O3. The van der Waals surface area contributed by atoms with Gasteiger partial charge in [0, 0.05) is 58.0 Å². The monoisotopic (exact) mass is 603 g/mol. The molecular weight excluding hydrogens is 583 g/mol. The first-order chi connectivity index (χ1) is 20.6. The van der Waals surface area contributed by atoms with Gasteiger partial charge in [0.25, 0.3) is 11.8 Å². The van der Waals surface area contributed by atoms with E-state index < -0.39 is 29.4 Å². The van der Waals surface area contributed by atoms with Crippen LogP contribution in [0.2, 0.25) is 0 Å². The minimum atomic E-state index is -4.64. The van der Waals surface area contributed by atoms with E-state index >= 15 is 0 Å². The van der Waals surface area contributed by atoms with Gasteiger partial charge in [0.05, 0.1) is 22.3 Å². The largest absolute Gasteiger partial charge is 0.506 e. The van der Waals surface area contributed by atoms with E-state index in [1.165, 1.54) is 17.2 Å². The van der Waals surface area contributed by atoms with Crippen molar-refractivity contribution in [2.24, 2.45) is 0 Å². The summed E-state index contributed by atoms with van der Waals surface area (Å²) in [5.41, 5.74) is 2.25. The third kappa shape index (κ3) is 4.52. The molecule has 1 aliphatic heterocycles. The van der Waals surface area contributed by atoms with Crippen molar-refractivity contribution in [3.63, 3.8) is 0 Å². The summed E-state index contributed by atoms with van der Waals surface area (Å²) < 4.78 is 40.3. The highest BCUT2D eigenvalue weighted by molar-refractivity contribution is 6.19. The number of phenolic OH excluding ortho intramolecular Hbond substituents is 1. The predicted octanol–water partition coefficient (Wildman–Crippen LogP) is 7.16. The number of aromatic hydroxyl groups is 1. The van der Waals surface area contributed by atoms with E-state index in [-0.39, 0.29) is 34.9 Å². The number of hydrogen-bond donors (Lipinski definition) is 4. The second-order valence-corrected chi connectivity index (χ2v) is 10.7. The van der Waals surface area contributed by atoms with Gasteiger partial charge in [-0.1, -0.05) is 18.2 Å². The van der Waals surface area contributed by atoms with Crippen molar-refractivity contribution in [1.29, 1.82) is 0 Å². The van der Waals surface area contributed by atoms with E-state index in [0.717, 1.165) is 17.0 Å². The van der Waals surface area contributed by atoms with Crippen LogP contribution in [0.4, 0.5) is 24.5 Å². The van der Waals surface area contributed by atoms with Gasteiger partial charge in [-0.3, -0.25) is 14.6 Å². The number of nitrogens with zero attached hydrogens (tertiary/aromatic N) is 2. The molecule has 0 radical (unpaired) electrons. The summed E-state index contributed by atoms with van der Waals surface area (Å²) in [5, 5.41) is 15.1. The average Bonchev–Trinajstić information content (AvgIpc) is 3.71. The van der Waals surface area contributed by atoms with Crippen molar-refractivity contribution in [1.82, 2.24) is 15.0 Å². The number of hydrogen-bond acceptors (Lipinski definition) is 4. The zero-order valence-electron chi connectivity index (χ0n) is 22.1. The number of carbonyl (C=O) groups is 2. The molecule has 0 saturated carbocycles. The van der Waals surface area contributed by atoms with Crippen molar-refractivity contribution in [3.05, 3.63) is 95.4 Å². The maximum atomic E-state index is 13.7. The summed E-state index contributed by atoms with van der Waals surface area (Å²) in [5.74, 6) is -1.57. The van der Waals surface area contributed by atoms with Crippen LogP contribution in [0.3, 0.4) is 0 Å². The number of anilines is 2. The molecule has 1 atom stereocenters. The number of fused-ring (bicyclic) bond motifs is 5. The molecule has 12 heteroatoms. The molecule has 0 saturated heterocycles. The maximum Gasteiger partial charge on any atom is 0.431 e. The first-order valence-corrected chi connectivity index (χ1v) is 13.8. The molecule has 4 N–H and O–H groups in total. The average molecular weight is 604 g/mol. The molecule has 43 heavy (non-hydrogen) atoms. The van der Waals surface area contributed by atoms with Gasteiger partial charge in [-0.05, 0) is 48.0 Å². The SMILES string of the molecule is O=C(Nc1ccc2[nH]c(C(=O)N3CC(CCl)c4c3cc(O)c3[nH]c(C(F)(F)F)cc43)cc2c1)c1cnc2ccccc2c1. The molecule has 216 valence electrons. The van der Waals surface area contributed by atoms with Crippen LogP contribution in [0.25, 0.3) is 32.7 Å².